The van der Waals surface area contributed by atoms with Gasteiger partial charge >= 0.3 is 0 Å². The summed E-state index contributed by atoms with van der Waals surface area (Å²) < 4.78 is 6.96. The van der Waals surface area contributed by atoms with Gasteiger partial charge < -0.3 is 9.64 Å². The van der Waals surface area contributed by atoms with Crippen molar-refractivity contribution in [3.63, 3.8) is 0 Å². The number of carbonyl (C=O) groups excluding carboxylic acids is 2. The van der Waals surface area contributed by atoms with Crippen LogP contribution in [0.25, 0.3) is 5.69 Å². The molecule has 0 saturated carbocycles. The van der Waals surface area contributed by atoms with Crippen molar-refractivity contribution in [3.8, 4) is 11.4 Å². The predicted octanol–water partition coefficient (Wildman–Crippen LogP) is 2.94. The number of amides is 1. The Kier molecular flexibility index (Phi) is 5.54. The van der Waals surface area contributed by atoms with Crippen molar-refractivity contribution in [2.75, 3.05) is 18.6 Å². The van der Waals surface area contributed by atoms with Gasteiger partial charge in [-0.2, -0.15) is 4.68 Å². The summed E-state index contributed by atoms with van der Waals surface area (Å²) in [6.45, 7) is 4.04. The van der Waals surface area contributed by atoms with Crippen LogP contribution in [0.1, 0.15) is 29.8 Å². The molecule has 3 aromatic rings. The van der Waals surface area contributed by atoms with Crippen LogP contribution in [-0.2, 0) is 11.2 Å². The first-order valence-corrected chi connectivity index (χ1v) is 10.4. The van der Waals surface area contributed by atoms with E-state index in [1.54, 1.807) is 29.7 Å². The highest BCUT2D eigenvalue weighted by atomic mass is 32.2. The van der Waals surface area contributed by atoms with E-state index in [0.29, 0.717) is 28.7 Å². The first-order chi connectivity index (χ1) is 14.5. The number of Topliss-reactive ketones (excluding diaryl/α,β-unsaturated/α-hetero) is 1. The lowest BCUT2D eigenvalue weighted by Crippen LogP contribution is -2.25. The van der Waals surface area contributed by atoms with Gasteiger partial charge in [0.15, 0.2) is 5.78 Å². The summed E-state index contributed by atoms with van der Waals surface area (Å²) in [5, 5.41) is 12.0. The van der Waals surface area contributed by atoms with Crippen molar-refractivity contribution in [3.05, 3.63) is 53.6 Å². The van der Waals surface area contributed by atoms with Crippen molar-refractivity contribution in [2.45, 2.75) is 30.7 Å². The molecular formula is C21H21N5O3S. The van der Waals surface area contributed by atoms with Crippen LogP contribution in [0.5, 0.6) is 5.75 Å². The molecule has 8 nitrogen and oxygen atoms in total. The van der Waals surface area contributed by atoms with Crippen LogP contribution in [0.3, 0.4) is 0 Å². The van der Waals surface area contributed by atoms with Gasteiger partial charge in [-0.25, -0.2) is 0 Å². The number of benzene rings is 2. The fourth-order valence-electron chi connectivity index (χ4n) is 3.54. The zero-order valence-corrected chi connectivity index (χ0v) is 17.7. The summed E-state index contributed by atoms with van der Waals surface area (Å²) in [6.07, 6.45) is 0.754. The van der Waals surface area contributed by atoms with Gasteiger partial charge in [0.05, 0.1) is 12.4 Å². The summed E-state index contributed by atoms with van der Waals surface area (Å²) >= 11 is 1.29. The quantitative estimate of drug-likeness (QED) is 0.445. The highest BCUT2D eigenvalue weighted by Gasteiger charge is 2.26. The van der Waals surface area contributed by atoms with Crippen LogP contribution >= 0.6 is 11.8 Å². The lowest BCUT2D eigenvalue weighted by atomic mass is 10.0. The number of nitrogens with zero attached hydrogens (tertiary/aromatic N) is 5. The summed E-state index contributed by atoms with van der Waals surface area (Å²) in [7, 11) is 1.59. The van der Waals surface area contributed by atoms with Gasteiger partial charge in [0.25, 0.3) is 0 Å². The van der Waals surface area contributed by atoms with Gasteiger partial charge in [-0.15, -0.1) is 5.10 Å². The van der Waals surface area contributed by atoms with E-state index < -0.39 is 5.25 Å². The molecular weight excluding hydrogens is 402 g/mol. The van der Waals surface area contributed by atoms with Crippen LogP contribution in [0, 0.1) is 0 Å². The SMILES string of the molecule is COc1ccccc1-n1nnnc1S[C@H](C)C(=O)c1ccc2c(c1)CCN2C(C)=O. The zero-order valence-electron chi connectivity index (χ0n) is 16.9. The monoisotopic (exact) mass is 423 g/mol. The van der Waals surface area contributed by atoms with Gasteiger partial charge in [-0.1, -0.05) is 23.9 Å². The number of anilines is 1. The maximum absolute atomic E-state index is 13.1. The Labute approximate surface area is 178 Å². The van der Waals surface area contributed by atoms with Gasteiger partial charge in [0.2, 0.25) is 11.1 Å². The third kappa shape index (κ3) is 3.68. The molecule has 0 aliphatic carbocycles. The number of ketones is 1. The molecule has 1 aliphatic heterocycles. The highest BCUT2D eigenvalue weighted by Crippen LogP contribution is 2.32. The Hall–Kier alpha value is -3.20. The summed E-state index contributed by atoms with van der Waals surface area (Å²) in [4.78, 5) is 26.5. The van der Waals surface area contributed by atoms with Gasteiger partial charge in [-0.3, -0.25) is 9.59 Å². The topological polar surface area (TPSA) is 90.2 Å². The number of para-hydroxylation sites is 2. The van der Waals surface area contributed by atoms with E-state index in [-0.39, 0.29) is 11.7 Å². The lowest BCUT2D eigenvalue weighted by molar-refractivity contribution is -0.116. The first kappa shape index (κ1) is 20.1. The van der Waals surface area contributed by atoms with Crippen molar-refractivity contribution >= 4 is 29.1 Å². The van der Waals surface area contributed by atoms with Crippen LogP contribution in [-0.4, -0.2) is 50.8 Å². The molecule has 2 heterocycles. The third-order valence-electron chi connectivity index (χ3n) is 5.05. The molecule has 0 spiro atoms. The van der Waals surface area contributed by atoms with Crippen LogP contribution < -0.4 is 9.64 Å². The zero-order chi connectivity index (χ0) is 21.3. The maximum Gasteiger partial charge on any atom is 0.223 e. The number of hydrogen-bond donors (Lipinski definition) is 0. The minimum Gasteiger partial charge on any atom is -0.494 e. The van der Waals surface area contributed by atoms with Gasteiger partial charge in [0.1, 0.15) is 11.4 Å². The minimum atomic E-state index is -0.396. The van der Waals surface area contributed by atoms with E-state index >= 15 is 0 Å². The van der Waals surface area contributed by atoms with Crippen molar-refractivity contribution in [1.82, 2.24) is 20.2 Å². The number of aromatic nitrogens is 4. The number of rotatable bonds is 6. The molecule has 154 valence electrons. The smallest absolute Gasteiger partial charge is 0.223 e. The number of methoxy groups -OCH3 is 1. The molecule has 4 rings (SSSR count). The van der Waals surface area contributed by atoms with Crippen molar-refractivity contribution in [1.29, 1.82) is 0 Å². The van der Waals surface area contributed by atoms with Crippen molar-refractivity contribution in [2.24, 2.45) is 0 Å². The van der Waals surface area contributed by atoms with E-state index in [9.17, 15) is 9.59 Å². The van der Waals surface area contributed by atoms with Crippen LogP contribution in [0.15, 0.2) is 47.6 Å². The molecule has 0 N–H and O–H groups in total. The average molecular weight is 423 g/mol. The van der Waals surface area contributed by atoms with Gasteiger partial charge in [-0.05, 0) is 59.7 Å². The van der Waals surface area contributed by atoms with E-state index in [0.717, 1.165) is 17.7 Å². The number of tetrazole rings is 1. The standard InChI is InChI=1S/C21H21N5O3S/c1-13(20(28)16-8-9-17-15(12-16)10-11-25(17)14(2)27)30-21-22-23-24-26(21)18-6-4-5-7-19(18)29-3/h4-9,12-13H,10-11H2,1-3H3/t13-/m1/s1. The van der Waals surface area contributed by atoms with E-state index in [4.69, 9.17) is 4.74 Å². The summed E-state index contributed by atoms with van der Waals surface area (Å²) in [6, 6.07) is 12.9. The molecule has 9 heteroatoms. The normalized spacial score (nSPS) is 13.8. The number of thioether (sulfide) groups is 1. The molecule has 0 unspecified atom stereocenters. The average Bonchev–Trinajstić information content (AvgIpc) is 3.39. The van der Waals surface area contributed by atoms with E-state index in [1.807, 2.05) is 43.3 Å². The van der Waals surface area contributed by atoms with E-state index in [1.165, 1.54) is 11.8 Å². The summed E-state index contributed by atoms with van der Waals surface area (Å²) in [5.74, 6) is 0.637. The lowest BCUT2D eigenvalue weighted by Gasteiger charge is -2.15. The fourth-order valence-corrected chi connectivity index (χ4v) is 4.41. The molecule has 0 fully saturated rings. The third-order valence-corrected chi connectivity index (χ3v) is 6.08. The summed E-state index contributed by atoms with van der Waals surface area (Å²) in [5.41, 5.74) is 3.23. The number of fused-ring (bicyclic) bond motifs is 1. The molecule has 30 heavy (non-hydrogen) atoms. The molecule has 1 aromatic heterocycles. The Balaban J connectivity index is 1.55. The Morgan fingerprint density at radius 2 is 1.97 bits per heavy atom. The largest absolute Gasteiger partial charge is 0.494 e. The Bertz CT molecular complexity index is 1110. The molecule has 1 atom stereocenters. The molecule has 0 saturated heterocycles. The number of ether oxygens (including phenoxy) is 1. The number of carbonyl (C=O) groups is 2. The second kappa shape index (κ2) is 8.27. The van der Waals surface area contributed by atoms with Crippen molar-refractivity contribution < 1.29 is 14.3 Å². The second-order valence-corrected chi connectivity index (χ2v) is 8.24. The second-order valence-electron chi connectivity index (χ2n) is 6.93. The first-order valence-electron chi connectivity index (χ1n) is 9.53. The minimum absolute atomic E-state index is 0.0138. The van der Waals surface area contributed by atoms with E-state index in [2.05, 4.69) is 15.5 Å². The molecule has 0 bridgehead atoms. The molecule has 1 amide bonds. The number of hydrogen-bond acceptors (Lipinski definition) is 7. The molecule has 0 radical (unpaired) electrons. The van der Waals surface area contributed by atoms with Crippen LogP contribution in [0.4, 0.5) is 5.69 Å². The Morgan fingerprint density at radius 1 is 1.17 bits per heavy atom. The maximum atomic E-state index is 13.1. The molecule has 1 aliphatic rings. The Morgan fingerprint density at radius 3 is 2.73 bits per heavy atom. The predicted molar refractivity (Wildman–Crippen MR) is 114 cm³/mol. The highest BCUT2D eigenvalue weighted by molar-refractivity contribution is 8.00. The molecule has 2 aromatic carbocycles. The van der Waals surface area contributed by atoms with Crippen LogP contribution in [0.2, 0.25) is 0 Å². The van der Waals surface area contributed by atoms with Gasteiger partial charge in [0, 0.05) is 24.7 Å². The fraction of sp³-hybridized carbons (Fsp3) is 0.286.